The lowest BCUT2D eigenvalue weighted by Crippen LogP contribution is -2.46. The quantitative estimate of drug-likeness (QED) is 0.660. The number of carbonyl (C=O) groups excluding carboxylic acids is 1. The van der Waals surface area contributed by atoms with Crippen LogP contribution in [0, 0.1) is 0 Å². The number of amides is 1. The molecule has 5 heteroatoms. The van der Waals surface area contributed by atoms with E-state index in [9.17, 15) is 4.79 Å². The standard InChI is InChI=1S/C26H28N4O/c31-26(30(22-7-8-22)23-9-10-24-21(15-23)16-27-28-24)20-6-11-25-19(14-20)12-13-29(25)17-18-4-2-1-3-5-18/h1-6,11-14,16,22-24,27-28H,7-10,15,17H2. The number of carbonyl (C=O) groups is 1. The molecule has 2 heterocycles. The molecule has 2 atom stereocenters. The van der Waals surface area contributed by atoms with E-state index in [0.29, 0.717) is 18.1 Å². The van der Waals surface area contributed by atoms with Crippen LogP contribution in [-0.2, 0) is 6.54 Å². The lowest BCUT2D eigenvalue weighted by Gasteiger charge is -2.37. The van der Waals surface area contributed by atoms with Crippen LogP contribution in [0.4, 0.5) is 0 Å². The first-order valence-corrected chi connectivity index (χ1v) is 11.4. The molecule has 1 amide bonds. The van der Waals surface area contributed by atoms with Crippen LogP contribution in [0.25, 0.3) is 10.9 Å². The normalized spacial score (nSPS) is 22.6. The van der Waals surface area contributed by atoms with Gasteiger partial charge in [0, 0.05) is 53.5 Å². The first-order valence-electron chi connectivity index (χ1n) is 11.4. The van der Waals surface area contributed by atoms with Gasteiger partial charge in [0.2, 0.25) is 0 Å². The summed E-state index contributed by atoms with van der Waals surface area (Å²) in [6.07, 6.45) is 9.61. The highest BCUT2D eigenvalue weighted by molar-refractivity contribution is 5.98. The number of benzene rings is 2. The van der Waals surface area contributed by atoms with Gasteiger partial charge in [-0.05, 0) is 67.5 Å². The van der Waals surface area contributed by atoms with Crippen LogP contribution >= 0.6 is 0 Å². The van der Waals surface area contributed by atoms with Gasteiger partial charge in [0.15, 0.2) is 0 Å². The summed E-state index contributed by atoms with van der Waals surface area (Å²) in [5, 5.41) is 1.13. The second-order valence-corrected chi connectivity index (χ2v) is 9.14. The Morgan fingerprint density at radius 2 is 1.84 bits per heavy atom. The van der Waals surface area contributed by atoms with Crippen molar-refractivity contribution in [2.45, 2.75) is 56.8 Å². The molecule has 6 rings (SSSR count). The second kappa shape index (κ2) is 7.57. The highest BCUT2D eigenvalue weighted by Gasteiger charge is 2.40. The highest BCUT2D eigenvalue weighted by Crippen LogP contribution is 2.37. The van der Waals surface area contributed by atoms with E-state index in [-0.39, 0.29) is 5.91 Å². The number of hydrogen-bond donors (Lipinski definition) is 2. The molecule has 3 aliphatic rings. The van der Waals surface area contributed by atoms with Crippen molar-refractivity contribution in [3.63, 3.8) is 0 Å². The fourth-order valence-electron chi connectivity index (χ4n) is 5.24. The van der Waals surface area contributed by atoms with Crippen molar-refractivity contribution in [2.24, 2.45) is 0 Å². The summed E-state index contributed by atoms with van der Waals surface area (Å²) in [5.74, 6) is 0.197. The Bertz CT molecular complexity index is 1140. The molecule has 2 saturated carbocycles. The van der Waals surface area contributed by atoms with Gasteiger partial charge in [-0.25, -0.2) is 5.43 Å². The number of nitrogens with one attached hydrogen (secondary N) is 2. The van der Waals surface area contributed by atoms with Crippen LogP contribution in [0.15, 0.2) is 72.6 Å². The Morgan fingerprint density at radius 3 is 2.68 bits per heavy atom. The minimum Gasteiger partial charge on any atom is -0.343 e. The minimum absolute atomic E-state index is 0.197. The molecule has 0 bridgehead atoms. The van der Waals surface area contributed by atoms with Crippen molar-refractivity contribution >= 4 is 16.8 Å². The predicted octanol–water partition coefficient (Wildman–Crippen LogP) is 4.21. The van der Waals surface area contributed by atoms with E-state index in [0.717, 1.165) is 49.6 Å². The Kier molecular flexibility index (Phi) is 4.57. The SMILES string of the molecule is O=C(c1ccc2c(ccn2Cc2ccccc2)c1)N(C1CC1)C1CCC2NNC=C2C1. The van der Waals surface area contributed by atoms with Gasteiger partial charge in [0.05, 0.1) is 0 Å². The molecular formula is C26H28N4O. The van der Waals surface area contributed by atoms with Crippen LogP contribution in [0.2, 0.25) is 0 Å². The van der Waals surface area contributed by atoms with Gasteiger partial charge < -0.3 is 14.9 Å². The van der Waals surface area contributed by atoms with Crippen LogP contribution in [0.5, 0.6) is 0 Å². The monoisotopic (exact) mass is 412 g/mol. The molecule has 0 saturated heterocycles. The predicted molar refractivity (Wildman–Crippen MR) is 122 cm³/mol. The molecule has 0 radical (unpaired) electrons. The van der Waals surface area contributed by atoms with Gasteiger partial charge in [-0.15, -0.1) is 0 Å². The van der Waals surface area contributed by atoms with Crippen molar-refractivity contribution in [1.82, 2.24) is 20.3 Å². The summed E-state index contributed by atoms with van der Waals surface area (Å²) in [6.45, 7) is 0.840. The molecule has 31 heavy (non-hydrogen) atoms. The zero-order chi connectivity index (χ0) is 20.8. The molecule has 5 nitrogen and oxygen atoms in total. The first-order chi connectivity index (χ1) is 15.3. The van der Waals surface area contributed by atoms with Crippen molar-refractivity contribution in [3.8, 4) is 0 Å². The molecule has 2 aromatic carbocycles. The largest absolute Gasteiger partial charge is 0.343 e. The maximum absolute atomic E-state index is 13.6. The summed E-state index contributed by atoms with van der Waals surface area (Å²) in [4.78, 5) is 15.8. The van der Waals surface area contributed by atoms with Crippen molar-refractivity contribution in [2.75, 3.05) is 0 Å². The summed E-state index contributed by atoms with van der Waals surface area (Å²) in [7, 11) is 0. The third-order valence-corrected chi connectivity index (χ3v) is 7.00. The summed E-state index contributed by atoms with van der Waals surface area (Å²) >= 11 is 0. The topological polar surface area (TPSA) is 49.3 Å². The fourth-order valence-corrected chi connectivity index (χ4v) is 5.24. The molecule has 2 N–H and O–H groups in total. The van der Waals surface area contributed by atoms with Gasteiger partial charge >= 0.3 is 0 Å². The number of hydrogen-bond acceptors (Lipinski definition) is 3. The van der Waals surface area contributed by atoms with Crippen LogP contribution in [0.1, 0.15) is 48.0 Å². The number of hydrazine groups is 1. The molecule has 1 aliphatic heterocycles. The Hall–Kier alpha value is -3.05. The minimum atomic E-state index is 0.197. The van der Waals surface area contributed by atoms with E-state index < -0.39 is 0 Å². The number of nitrogens with zero attached hydrogens (tertiary/aromatic N) is 2. The lowest BCUT2D eigenvalue weighted by molar-refractivity contribution is 0.0629. The van der Waals surface area contributed by atoms with Gasteiger partial charge in [-0.1, -0.05) is 30.3 Å². The van der Waals surface area contributed by atoms with Crippen molar-refractivity contribution < 1.29 is 4.79 Å². The van der Waals surface area contributed by atoms with Crippen molar-refractivity contribution in [3.05, 3.63) is 83.7 Å². The van der Waals surface area contributed by atoms with E-state index >= 15 is 0 Å². The van der Waals surface area contributed by atoms with Crippen molar-refractivity contribution in [1.29, 1.82) is 0 Å². The van der Waals surface area contributed by atoms with Gasteiger partial charge in [-0.3, -0.25) is 4.79 Å². The Labute approximate surface area is 182 Å². The zero-order valence-corrected chi connectivity index (χ0v) is 17.6. The van der Waals surface area contributed by atoms with Gasteiger partial charge in [0.25, 0.3) is 5.91 Å². The average Bonchev–Trinajstić information content (AvgIpc) is 3.38. The average molecular weight is 413 g/mol. The third kappa shape index (κ3) is 3.53. The van der Waals surface area contributed by atoms with Crippen LogP contribution in [-0.4, -0.2) is 33.5 Å². The molecule has 2 fully saturated rings. The van der Waals surface area contributed by atoms with E-state index in [4.69, 9.17) is 0 Å². The van der Waals surface area contributed by atoms with Gasteiger partial charge in [0.1, 0.15) is 0 Å². The van der Waals surface area contributed by atoms with E-state index in [1.807, 2.05) is 12.1 Å². The molecule has 158 valence electrons. The number of fused-ring (bicyclic) bond motifs is 2. The molecule has 1 aromatic heterocycles. The maximum atomic E-state index is 13.6. The number of aromatic nitrogens is 1. The second-order valence-electron chi connectivity index (χ2n) is 9.14. The number of rotatable bonds is 5. The Balaban J connectivity index is 1.25. The van der Waals surface area contributed by atoms with E-state index in [2.05, 4.69) is 75.2 Å². The van der Waals surface area contributed by atoms with E-state index in [1.165, 1.54) is 16.7 Å². The summed E-state index contributed by atoms with van der Waals surface area (Å²) < 4.78 is 2.26. The van der Waals surface area contributed by atoms with Gasteiger partial charge in [-0.2, -0.15) is 0 Å². The first kappa shape index (κ1) is 18.7. The zero-order valence-electron chi connectivity index (χ0n) is 17.6. The Morgan fingerprint density at radius 1 is 1.00 bits per heavy atom. The fraction of sp³-hybridized carbons (Fsp3) is 0.346. The summed E-state index contributed by atoms with van der Waals surface area (Å²) in [6, 6.07) is 20.0. The molecule has 3 aromatic rings. The molecule has 2 unspecified atom stereocenters. The molecular weight excluding hydrogens is 384 g/mol. The molecule has 0 spiro atoms. The lowest BCUT2D eigenvalue weighted by atomic mass is 9.86. The molecule has 2 aliphatic carbocycles. The van der Waals surface area contributed by atoms with E-state index in [1.54, 1.807) is 0 Å². The maximum Gasteiger partial charge on any atom is 0.254 e. The third-order valence-electron chi connectivity index (χ3n) is 7.00. The van der Waals surface area contributed by atoms with Crippen LogP contribution < -0.4 is 10.9 Å². The smallest absolute Gasteiger partial charge is 0.254 e. The summed E-state index contributed by atoms with van der Waals surface area (Å²) in [5.41, 5.74) is 11.1. The van der Waals surface area contributed by atoms with Crippen LogP contribution in [0.3, 0.4) is 0 Å². The highest BCUT2D eigenvalue weighted by atomic mass is 16.2.